The minimum atomic E-state index is -0.124. The monoisotopic (exact) mass is 276 g/mol. The molecule has 0 saturated heterocycles. The molecule has 2 unspecified atom stereocenters. The van der Waals surface area contributed by atoms with Gasteiger partial charge < -0.3 is 4.90 Å². The predicted octanol–water partition coefficient (Wildman–Crippen LogP) is 3.15. The molecular formula is C17H28N2O. The van der Waals surface area contributed by atoms with E-state index < -0.39 is 0 Å². The molecule has 0 fully saturated rings. The van der Waals surface area contributed by atoms with Crippen LogP contribution in [0.1, 0.15) is 44.4 Å². The van der Waals surface area contributed by atoms with Crippen LogP contribution in [-0.4, -0.2) is 30.9 Å². The Kier molecular flexibility index (Phi) is 6.21. The predicted molar refractivity (Wildman–Crippen MR) is 84.7 cm³/mol. The molecule has 0 radical (unpaired) electrons. The van der Waals surface area contributed by atoms with E-state index in [1.807, 2.05) is 14.1 Å². The molecule has 1 rings (SSSR count). The highest BCUT2D eigenvalue weighted by Crippen LogP contribution is 2.16. The Balaban J connectivity index is 2.78. The van der Waals surface area contributed by atoms with Crippen molar-refractivity contribution in [1.29, 1.82) is 0 Å². The summed E-state index contributed by atoms with van der Waals surface area (Å²) in [5.74, 6) is 0.638. The van der Waals surface area contributed by atoms with Crippen molar-refractivity contribution in [2.24, 2.45) is 5.92 Å². The number of carbonyl (C=O) groups is 1. The molecule has 20 heavy (non-hydrogen) atoms. The van der Waals surface area contributed by atoms with Crippen molar-refractivity contribution in [3.8, 4) is 0 Å². The van der Waals surface area contributed by atoms with Gasteiger partial charge in [0.05, 0.1) is 6.04 Å². The third-order valence-corrected chi connectivity index (χ3v) is 3.47. The maximum Gasteiger partial charge on any atom is 0.239 e. The molecule has 1 aromatic rings. The van der Waals surface area contributed by atoms with Crippen LogP contribution in [0.2, 0.25) is 0 Å². The normalized spacial score (nSPS) is 14.2. The van der Waals surface area contributed by atoms with Crippen LogP contribution in [0.4, 0.5) is 0 Å². The van der Waals surface area contributed by atoms with Gasteiger partial charge in [0.15, 0.2) is 0 Å². The van der Waals surface area contributed by atoms with Gasteiger partial charge in [0, 0.05) is 20.1 Å². The van der Waals surface area contributed by atoms with E-state index in [9.17, 15) is 4.79 Å². The summed E-state index contributed by atoms with van der Waals surface area (Å²) in [5, 5.41) is 3.47. The van der Waals surface area contributed by atoms with Crippen molar-refractivity contribution in [2.45, 2.75) is 46.2 Å². The largest absolute Gasteiger partial charge is 0.347 e. The van der Waals surface area contributed by atoms with Gasteiger partial charge in [-0.2, -0.15) is 0 Å². The molecule has 0 aliphatic rings. The first-order valence-corrected chi connectivity index (χ1v) is 7.35. The van der Waals surface area contributed by atoms with Crippen LogP contribution >= 0.6 is 0 Å². The highest BCUT2D eigenvalue weighted by Gasteiger charge is 2.23. The Bertz CT molecular complexity index is 423. The topological polar surface area (TPSA) is 32.3 Å². The van der Waals surface area contributed by atoms with Gasteiger partial charge in [-0.25, -0.2) is 0 Å². The van der Waals surface area contributed by atoms with E-state index in [0.29, 0.717) is 5.92 Å². The van der Waals surface area contributed by atoms with Gasteiger partial charge in [0.2, 0.25) is 5.91 Å². The zero-order chi connectivity index (χ0) is 15.3. The van der Waals surface area contributed by atoms with Gasteiger partial charge in [0.1, 0.15) is 0 Å². The molecule has 0 aliphatic carbocycles. The van der Waals surface area contributed by atoms with E-state index in [1.54, 1.807) is 4.90 Å². The number of benzene rings is 1. The zero-order valence-electron chi connectivity index (χ0n) is 13.6. The van der Waals surface area contributed by atoms with Gasteiger partial charge in [-0.1, -0.05) is 43.7 Å². The molecule has 0 aromatic heterocycles. The zero-order valence-corrected chi connectivity index (χ0v) is 13.6. The Hall–Kier alpha value is -1.35. The number of nitrogens with zero attached hydrogens (tertiary/aromatic N) is 1. The standard InChI is InChI=1S/C17H28N2O/c1-12(2)11-16(17(20)19(5)6)18-14(4)15-9-7-13(3)8-10-15/h7-10,12,14,16,18H,11H2,1-6H3. The number of carbonyl (C=O) groups excluding carboxylic acids is 1. The first-order chi connectivity index (χ1) is 9.31. The van der Waals surface area contributed by atoms with Gasteiger partial charge in [-0.3, -0.25) is 10.1 Å². The fourth-order valence-electron chi connectivity index (χ4n) is 2.28. The molecule has 0 saturated carbocycles. The summed E-state index contributed by atoms with van der Waals surface area (Å²) in [5.41, 5.74) is 2.47. The molecule has 3 nitrogen and oxygen atoms in total. The second kappa shape index (κ2) is 7.44. The number of hydrogen-bond donors (Lipinski definition) is 1. The molecule has 0 spiro atoms. The van der Waals surface area contributed by atoms with Crippen LogP contribution in [0.3, 0.4) is 0 Å². The van der Waals surface area contributed by atoms with Crippen molar-refractivity contribution < 1.29 is 4.79 Å². The third kappa shape index (κ3) is 4.97. The summed E-state index contributed by atoms with van der Waals surface area (Å²) in [4.78, 5) is 13.9. The lowest BCUT2D eigenvalue weighted by atomic mass is 10.00. The molecule has 0 aliphatic heterocycles. The second-order valence-corrected chi connectivity index (χ2v) is 6.21. The molecule has 2 atom stereocenters. The fourth-order valence-corrected chi connectivity index (χ4v) is 2.28. The van der Waals surface area contributed by atoms with Gasteiger partial charge in [0.25, 0.3) is 0 Å². The summed E-state index contributed by atoms with van der Waals surface area (Å²) >= 11 is 0. The lowest BCUT2D eigenvalue weighted by Crippen LogP contribution is -2.45. The number of likely N-dealkylation sites (N-methyl/N-ethyl adjacent to an activating group) is 1. The number of hydrogen-bond acceptors (Lipinski definition) is 2. The van der Waals surface area contributed by atoms with Crippen LogP contribution in [0, 0.1) is 12.8 Å². The first kappa shape index (κ1) is 16.7. The fraction of sp³-hybridized carbons (Fsp3) is 0.588. The van der Waals surface area contributed by atoms with Crippen LogP contribution in [0.25, 0.3) is 0 Å². The number of amides is 1. The quantitative estimate of drug-likeness (QED) is 0.865. The summed E-state index contributed by atoms with van der Waals surface area (Å²) in [6.07, 6.45) is 0.854. The number of nitrogens with one attached hydrogen (secondary N) is 1. The summed E-state index contributed by atoms with van der Waals surface area (Å²) in [6, 6.07) is 8.51. The van der Waals surface area contributed by atoms with Crippen LogP contribution in [-0.2, 0) is 4.79 Å². The second-order valence-electron chi connectivity index (χ2n) is 6.21. The summed E-state index contributed by atoms with van der Waals surface area (Å²) < 4.78 is 0. The maximum atomic E-state index is 12.3. The van der Waals surface area contributed by atoms with Crippen LogP contribution < -0.4 is 5.32 Å². The van der Waals surface area contributed by atoms with Crippen molar-refractivity contribution in [2.75, 3.05) is 14.1 Å². The molecule has 1 aromatic carbocycles. The van der Waals surface area contributed by atoms with Gasteiger partial charge >= 0.3 is 0 Å². The lowest BCUT2D eigenvalue weighted by molar-refractivity contribution is -0.131. The minimum Gasteiger partial charge on any atom is -0.347 e. The maximum absolute atomic E-state index is 12.3. The molecule has 3 heteroatoms. The average molecular weight is 276 g/mol. The van der Waals surface area contributed by atoms with Gasteiger partial charge in [-0.05, 0) is 31.7 Å². The molecular weight excluding hydrogens is 248 g/mol. The van der Waals surface area contributed by atoms with Crippen molar-refractivity contribution in [3.05, 3.63) is 35.4 Å². The average Bonchev–Trinajstić information content (AvgIpc) is 2.37. The van der Waals surface area contributed by atoms with Gasteiger partial charge in [-0.15, -0.1) is 0 Å². The highest BCUT2D eigenvalue weighted by atomic mass is 16.2. The van der Waals surface area contributed by atoms with E-state index in [-0.39, 0.29) is 18.0 Å². The Morgan fingerprint density at radius 2 is 1.70 bits per heavy atom. The van der Waals surface area contributed by atoms with E-state index in [2.05, 4.69) is 57.3 Å². The summed E-state index contributed by atoms with van der Waals surface area (Å²) in [7, 11) is 3.63. The molecule has 112 valence electrons. The Morgan fingerprint density at radius 3 is 2.15 bits per heavy atom. The molecule has 0 bridgehead atoms. The third-order valence-electron chi connectivity index (χ3n) is 3.47. The minimum absolute atomic E-state index is 0.124. The van der Waals surface area contributed by atoms with E-state index in [4.69, 9.17) is 0 Å². The Labute approximate surface area is 123 Å². The highest BCUT2D eigenvalue weighted by molar-refractivity contribution is 5.81. The molecule has 1 amide bonds. The van der Waals surface area contributed by atoms with Crippen LogP contribution in [0.15, 0.2) is 24.3 Å². The first-order valence-electron chi connectivity index (χ1n) is 7.35. The molecule has 1 N–H and O–H groups in total. The van der Waals surface area contributed by atoms with Crippen molar-refractivity contribution >= 4 is 5.91 Å². The van der Waals surface area contributed by atoms with Crippen molar-refractivity contribution in [3.63, 3.8) is 0 Å². The number of rotatable bonds is 6. The summed E-state index contributed by atoms with van der Waals surface area (Å²) in [6.45, 7) is 8.49. The van der Waals surface area contributed by atoms with Crippen molar-refractivity contribution in [1.82, 2.24) is 10.2 Å². The number of aryl methyl sites for hydroxylation is 1. The van der Waals surface area contributed by atoms with Crippen LogP contribution in [0.5, 0.6) is 0 Å². The molecule has 0 heterocycles. The lowest BCUT2D eigenvalue weighted by Gasteiger charge is -2.26. The Morgan fingerprint density at radius 1 is 1.15 bits per heavy atom. The SMILES string of the molecule is Cc1ccc(C(C)NC(CC(C)C)C(=O)N(C)C)cc1. The van der Waals surface area contributed by atoms with E-state index in [1.165, 1.54) is 11.1 Å². The smallest absolute Gasteiger partial charge is 0.239 e. The van der Waals surface area contributed by atoms with E-state index in [0.717, 1.165) is 6.42 Å². The van der Waals surface area contributed by atoms with E-state index >= 15 is 0 Å².